The van der Waals surface area contributed by atoms with Crippen LogP contribution in [0.25, 0.3) is 0 Å². The Labute approximate surface area is 187 Å². The molecule has 0 spiro atoms. The fraction of sp³-hybridized carbons (Fsp3) is 0.381. The lowest BCUT2D eigenvalue weighted by Crippen LogP contribution is -2.36. The molecule has 1 saturated carbocycles. The number of sulfonamides is 1. The molecule has 30 heavy (non-hydrogen) atoms. The molecule has 1 aliphatic carbocycles. The van der Waals surface area contributed by atoms with Gasteiger partial charge in [-0.3, -0.25) is 4.79 Å². The van der Waals surface area contributed by atoms with Crippen LogP contribution in [0, 0.1) is 0 Å². The number of anilines is 1. The van der Waals surface area contributed by atoms with E-state index >= 15 is 0 Å². The highest BCUT2D eigenvalue weighted by molar-refractivity contribution is 7.89. The summed E-state index contributed by atoms with van der Waals surface area (Å²) in [4.78, 5) is 12.6. The molecule has 0 saturated heterocycles. The van der Waals surface area contributed by atoms with E-state index in [1.807, 2.05) is 0 Å². The van der Waals surface area contributed by atoms with Crippen molar-refractivity contribution in [3.63, 3.8) is 0 Å². The normalized spacial score (nSPS) is 16.1. The third kappa shape index (κ3) is 6.11. The van der Waals surface area contributed by atoms with Crippen molar-refractivity contribution in [3.8, 4) is 5.75 Å². The summed E-state index contributed by atoms with van der Waals surface area (Å²) in [7, 11) is -3.58. The Kier molecular flexibility index (Phi) is 7.63. The van der Waals surface area contributed by atoms with E-state index in [4.69, 9.17) is 27.9 Å². The average molecular weight is 471 g/mol. The van der Waals surface area contributed by atoms with Gasteiger partial charge in [-0.25, -0.2) is 13.1 Å². The maximum absolute atomic E-state index is 12.6. The first kappa shape index (κ1) is 22.9. The minimum absolute atomic E-state index is 0.0131. The van der Waals surface area contributed by atoms with Crippen LogP contribution in [0.15, 0.2) is 47.4 Å². The van der Waals surface area contributed by atoms with Crippen LogP contribution in [-0.2, 0) is 14.8 Å². The molecule has 0 heterocycles. The molecule has 0 aromatic heterocycles. The van der Waals surface area contributed by atoms with Crippen LogP contribution in [0.3, 0.4) is 0 Å². The van der Waals surface area contributed by atoms with E-state index in [-0.39, 0.29) is 10.9 Å². The Bertz CT molecular complexity index is 991. The van der Waals surface area contributed by atoms with Crippen molar-refractivity contribution >= 4 is 44.8 Å². The number of nitrogens with one attached hydrogen (secondary N) is 2. The largest absolute Gasteiger partial charge is 0.479 e. The van der Waals surface area contributed by atoms with Gasteiger partial charge in [0, 0.05) is 16.8 Å². The minimum atomic E-state index is -3.58. The molecule has 2 aromatic carbocycles. The monoisotopic (exact) mass is 470 g/mol. The number of benzene rings is 2. The lowest BCUT2D eigenvalue weighted by atomic mass is 9.96. The summed E-state index contributed by atoms with van der Waals surface area (Å²) in [6.45, 7) is 1.59. The zero-order valence-corrected chi connectivity index (χ0v) is 18.9. The van der Waals surface area contributed by atoms with Crippen molar-refractivity contribution < 1.29 is 17.9 Å². The van der Waals surface area contributed by atoms with Gasteiger partial charge in [-0.1, -0.05) is 42.5 Å². The molecule has 2 aromatic rings. The molecule has 1 fully saturated rings. The third-order valence-corrected chi connectivity index (χ3v) is 6.99. The molecule has 3 rings (SSSR count). The van der Waals surface area contributed by atoms with Crippen molar-refractivity contribution in [1.82, 2.24) is 4.72 Å². The van der Waals surface area contributed by atoms with E-state index in [0.29, 0.717) is 21.5 Å². The number of rotatable bonds is 7. The van der Waals surface area contributed by atoms with Crippen molar-refractivity contribution in [2.75, 3.05) is 5.32 Å². The predicted octanol–water partition coefficient (Wildman–Crippen LogP) is 5.01. The highest BCUT2D eigenvalue weighted by atomic mass is 35.5. The molecule has 9 heteroatoms. The highest BCUT2D eigenvalue weighted by Gasteiger charge is 2.22. The van der Waals surface area contributed by atoms with Crippen LogP contribution < -0.4 is 14.8 Å². The molecule has 1 aliphatic rings. The van der Waals surface area contributed by atoms with E-state index in [1.165, 1.54) is 18.2 Å². The van der Waals surface area contributed by atoms with E-state index in [9.17, 15) is 13.2 Å². The van der Waals surface area contributed by atoms with Gasteiger partial charge in [-0.15, -0.1) is 0 Å². The van der Waals surface area contributed by atoms with Gasteiger partial charge in [0.2, 0.25) is 10.0 Å². The molecule has 2 N–H and O–H groups in total. The molecule has 1 amide bonds. The fourth-order valence-corrected chi connectivity index (χ4v) is 5.04. The van der Waals surface area contributed by atoms with Crippen LogP contribution >= 0.6 is 23.2 Å². The zero-order valence-electron chi connectivity index (χ0n) is 16.5. The zero-order chi connectivity index (χ0) is 21.7. The molecule has 0 bridgehead atoms. The molecule has 0 radical (unpaired) electrons. The molecular weight excluding hydrogens is 447 g/mol. The van der Waals surface area contributed by atoms with Gasteiger partial charge >= 0.3 is 0 Å². The minimum Gasteiger partial charge on any atom is -0.479 e. The summed E-state index contributed by atoms with van der Waals surface area (Å²) in [5.74, 6) is -0.0455. The van der Waals surface area contributed by atoms with Gasteiger partial charge in [0.15, 0.2) is 6.10 Å². The Morgan fingerprint density at radius 3 is 2.37 bits per heavy atom. The van der Waals surface area contributed by atoms with E-state index in [1.54, 1.807) is 31.2 Å². The van der Waals surface area contributed by atoms with Crippen LogP contribution in [0.2, 0.25) is 10.0 Å². The van der Waals surface area contributed by atoms with E-state index < -0.39 is 22.0 Å². The second-order valence-corrected chi connectivity index (χ2v) is 9.86. The van der Waals surface area contributed by atoms with Gasteiger partial charge in [-0.05, 0) is 62.2 Å². The Morgan fingerprint density at radius 2 is 1.73 bits per heavy atom. The third-order valence-electron chi connectivity index (χ3n) is 4.93. The van der Waals surface area contributed by atoms with Gasteiger partial charge in [0.05, 0.1) is 9.92 Å². The standard InChI is InChI=1S/C21H24Cl2N2O4S/c1-14(29-20-12-7-15(22)13-19(20)23)21(26)24-16-8-10-18(11-9-16)30(27,28)25-17-5-3-2-4-6-17/h7-14,17,25H,2-6H2,1H3,(H,24,26)/t14-/m0/s1. The van der Waals surface area contributed by atoms with Gasteiger partial charge < -0.3 is 10.1 Å². The van der Waals surface area contributed by atoms with Crippen molar-refractivity contribution in [2.45, 2.75) is 56.1 Å². The topological polar surface area (TPSA) is 84.5 Å². The summed E-state index contributed by atoms with van der Waals surface area (Å²) < 4.78 is 33.5. The van der Waals surface area contributed by atoms with Crippen LogP contribution in [0.4, 0.5) is 5.69 Å². The number of carbonyl (C=O) groups is 1. The average Bonchev–Trinajstić information content (AvgIpc) is 2.71. The second-order valence-electron chi connectivity index (χ2n) is 7.30. The van der Waals surface area contributed by atoms with Gasteiger partial charge in [-0.2, -0.15) is 0 Å². The molecule has 0 aliphatic heterocycles. The number of halogens is 2. The van der Waals surface area contributed by atoms with Crippen LogP contribution in [0.1, 0.15) is 39.0 Å². The van der Waals surface area contributed by atoms with Crippen molar-refractivity contribution in [2.24, 2.45) is 0 Å². The summed E-state index contributed by atoms with van der Waals surface area (Å²) in [5.41, 5.74) is 0.467. The molecular formula is C21H24Cl2N2O4S. The Hall–Kier alpha value is -1.80. The van der Waals surface area contributed by atoms with Crippen molar-refractivity contribution in [1.29, 1.82) is 0 Å². The van der Waals surface area contributed by atoms with Gasteiger partial charge in [0.25, 0.3) is 5.91 Å². The lowest BCUT2D eigenvalue weighted by molar-refractivity contribution is -0.122. The Balaban J connectivity index is 1.59. The van der Waals surface area contributed by atoms with Crippen LogP contribution in [0.5, 0.6) is 5.75 Å². The van der Waals surface area contributed by atoms with Gasteiger partial charge in [0.1, 0.15) is 5.75 Å². The number of hydrogen-bond acceptors (Lipinski definition) is 4. The van der Waals surface area contributed by atoms with Crippen molar-refractivity contribution in [3.05, 3.63) is 52.5 Å². The van der Waals surface area contributed by atoms with E-state index in [2.05, 4.69) is 10.0 Å². The summed E-state index contributed by atoms with van der Waals surface area (Å²) >= 11 is 11.9. The first-order valence-electron chi connectivity index (χ1n) is 9.79. The van der Waals surface area contributed by atoms with E-state index in [0.717, 1.165) is 32.1 Å². The molecule has 162 valence electrons. The second kappa shape index (κ2) is 10.0. The lowest BCUT2D eigenvalue weighted by Gasteiger charge is -2.22. The number of amides is 1. The number of ether oxygens (including phenoxy) is 1. The maximum atomic E-state index is 12.6. The predicted molar refractivity (Wildman–Crippen MR) is 119 cm³/mol. The number of hydrogen-bond donors (Lipinski definition) is 2. The first-order valence-corrected chi connectivity index (χ1v) is 12.0. The fourth-order valence-electron chi connectivity index (χ4n) is 3.28. The maximum Gasteiger partial charge on any atom is 0.265 e. The highest BCUT2D eigenvalue weighted by Crippen LogP contribution is 2.28. The summed E-state index contributed by atoms with van der Waals surface area (Å²) in [6, 6.07) is 10.8. The summed E-state index contributed by atoms with van der Waals surface area (Å²) in [5, 5.41) is 3.48. The number of carbonyl (C=O) groups excluding carboxylic acids is 1. The SMILES string of the molecule is C[C@H](Oc1ccc(Cl)cc1Cl)C(=O)Nc1ccc(S(=O)(=O)NC2CCCCC2)cc1. The summed E-state index contributed by atoms with van der Waals surface area (Å²) in [6.07, 6.45) is 4.14. The molecule has 1 atom stereocenters. The molecule has 6 nitrogen and oxygen atoms in total. The smallest absolute Gasteiger partial charge is 0.265 e. The quantitative estimate of drug-likeness (QED) is 0.595. The van der Waals surface area contributed by atoms with Crippen LogP contribution in [-0.4, -0.2) is 26.5 Å². The first-order chi connectivity index (χ1) is 14.2. The molecule has 0 unspecified atom stereocenters. The Morgan fingerprint density at radius 1 is 1.07 bits per heavy atom.